The Labute approximate surface area is 239 Å². The van der Waals surface area contributed by atoms with Gasteiger partial charge in [-0.25, -0.2) is 0 Å². The van der Waals surface area contributed by atoms with Crippen LogP contribution in [-0.4, -0.2) is 6.29 Å². The van der Waals surface area contributed by atoms with Gasteiger partial charge < -0.3 is 5.73 Å². The molecular weight excluding hydrogens is 498 g/mol. The molecule has 2 N–H and O–H groups in total. The number of hydrogen-bond acceptors (Lipinski definition) is 2. The predicted molar refractivity (Wildman–Crippen MR) is 172 cm³/mol. The first-order valence-corrected chi connectivity index (χ1v) is 14.0. The summed E-state index contributed by atoms with van der Waals surface area (Å²) in [5, 5.41) is 7.61. The first-order valence-electron chi connectivity index (χ1n) is 14.0. The Bertz CT molecular complexity index is 1920. The number of hydrogen-bond donors (Lipinski definition) is 1. The molecule has 0 radical (unpaired) electrons. The van der Waals surface area contributed by atoms with Gasteiger partial charge in [-0.1, -0.05) is 140 Å². The highest BCUT2D eigenvalue weighted by atomic mass is 16.1. The minimum atomic E-state index is 0.484. The molecule has 7 aromatic rings. The van der Waals surface area contributed by atoms with Crippen LogP contribution in [0.4, 0.5) is 5.69 Å². The molecule has 0 saturated heterocycles. The van der Waals surface area contributed by atoms with Crippen LogP contribution in [0.2, 0.25) is 0 Å². The van der Waals surface area contributed by atoms with E-state index in [-0.39, 0.29) is 0 Å². The van der Waals surface area contributed by atoms with Crippen molar-refractivity contribution < 1.29 is 4.79 Å². The Morgan fingerprint density at radius 2 is 0.927 bits per heavy atom. The van der Waals surface area contributed by atoms with E-state index in [2.05, 4.69) is 109 Å². The molecule has 3 aliphatic carbocycles. The molecular formula is C39H29NO. The fourth-order valence-electron chi connectivity index (χ4n) is 6.42. The molecule has 3 aliphatic rings. The van der Waals surface area contributed by atoms with E-state index in [1.165, 1.54) is 49.2 Å². The number of allylic oxidation sites excluding steroid dienone is 2. The fourth-order valence-corrected chi connectivity index (χ4v) is 6.42. The molecule has 10 rings (SSSR count). The van der Waals surface area contributed by atoms with E-state index in [9.17, 15) is 4.79 Å². The van der Waals surface area contributed by atoms with Gasteiger partial charge in [-0.2, -0.15) is 0 Å². The van der Waals surface area contributed by atoms with Gasteiger partial charge in [0.05, 0.1) is 0 Å². The number of nitrogens with two attached hydrogens (primary N) is 1. The summed E-state index contributed by atoms with van der Waals surface area (Å²) < 4.78 is 0. The SMILES string of the molecule is C1=CC2c3ccccc3C1c1ccccc12.Nc1ccc2ccc3cccc4ccc1c2c34.O=Cc1ccccc1. The third-order valence-electron chi connectivity index (χ3n) is 8.33. The van der Waals surface area contributed by atoms with Crippen LogP contribution in [0.1, 0.15) is 44.4 Å². The minimum Gasteiger partial charge on any atom is -0.398 e. The van der Waals surface area contributed by atoms with Gasteiger partial charge in [0, 0.05) is 28.5 Å². The van der Waals surface area contributed by atoms with Gasteiger partial charge in [0.15, 0.2) is 0 Å². The Morgan fingerprint density at radius 1 is 0.463 bits per heavy atom. The van der Waals surface area contributed by atoms with Gasteiger partial charge in [0.1, 0.15) is 6.29 Å². The Morgan fingerprint density at radius 3 is 1.44 bits per heavy atom. The van der Waals surface area contributed by atoms with Gasteiger partial charge >= 0.3 is 0 Å². The number of rotatable bonds is 1. The molecule has 0 aliphatic heterocycles. The van der Waals surface area contributed by atoms with Crippen LogP contribution < -0.4 is 5.73 Å². The predicted octanol–water partition coefficient (Wildman–Crippen LogP) is 9.50. The summed E-state index contributed by atoms with van der Waals surface area (Å²) in [5.41, 5.74) is 13.6. The molecule has 0 saturated carbocycles. The summed E-state index contributed by atoms with van der Waals surface area (Å²) in [6.45, 7) is 0. The minimum absolute atomic E-state index is 0.484. The molecule has 0 atom stereocenters. The van der Waals surface area contributed by atoms with Crippen molar-refractivity contribution >= 4 is 44.3 Å². The van der Waals surface area contributed by atoms with Crippen molar-refractivity contribution in [1.82, 2.24) is 0 Å². The Balaban J connectivity index is 0.000000108. The number of carbonyl (C=O) groups excluding carboxylic acids is 1. The van der Waals surface area contributed by atoms with Crippen molar-refractivity contribution in [3.63, 3.8) is 0 Å². The van der Waals surface area contributed by atoms with Gasteiger partial charge in [-0.15, -0.1) is 0 Å². The van der Waals surface area contributed by atoms with E-state index in [0.717, 1.165) is 22.9 Å². The van der Waals surface area contributed by atoms with Crippen molar-refractivity contribution in [2.45, 2.75) is 11.8 Å². The fraction of sp³-hybridized carbons (Fsp3) is 0.0513. The summed E-state index contributed by atoms with van der Waals surface area (Å²) in [7, 11) is 0. The number of carbonyl (C=O) groups is 1. The van der Waals surface area contributed by atoms with Crippen molar-refractivity contribution in [3.8, 4) is 0 Å². The van der Waals surface area contributed by atoms with Crippen LogP contribution in [0, 0.1) is 0 Å². The average Bonchev–Trinajstić information content (AvgIpc) is 3.06. The van der Waals surface area contributed by atoms with E-state index in [4.69, 9.17) is 5.73 Å². The maximum absolute atomic E-state index is 10.0. The zero-order valence-electron chi connectivity index (χ0n) is 22.6. The lowest BCUT2D eigenvalue weighted by Crippen LogP contribution is -2.20. The number of benzene rings is 7. The largest absolute Gasteiger partial charge is 0.398 e. The molecule has 2 bridgehead atoms. The molecule has 0 unspecified atom stereocenters. The van der Waals surface area contributed by atoms with E-state index in [0.29, 0.717) is 11.8 Å². The second-order valence-electron chi connectivity index (χ2n) is 10.6. The van der Waals surface area contributed by atoms with Crippen LogP contribution in [0.3, 0.4) is 0 Å². The molecule has 41 heavy (non-hydrogen) atoms. The zero-order chi connectivity index (χ0) is 27.8. The third-order valence-corrected chi connectivity index (χ3v) is 8.33. The van der Waals surface area contributed by atoms with Crippen LogP contribution >= 0.6 is 0 Å². The summed E-state index contributed by atoms with van der Waals surface area (Å²) in [5.74, 6) is 0.967. The Hall–Kier alpha value is -5.21. The molecule has 2 nitrogen and oxygen atoms in total. The van der Waals surface area contributed by atoms with Crippen LogP contribution in [0.5, 0.6) is 0 Å². The van der Waals surface area contributed by atoms with Gasteiger partial charge in [-0.3, -0.25) is 4.79 Å². The first-order chi connectivity index (χ1) is 20.2. The highest BCUT2D eigenvalue weighted by molar-refractivity contribution is 6.24. The van der Waals surface area contributed by atoms with Crippen LogP contribution in [0.15, 0.2) is 146 Å². The molecule has 0 amide bonds. The normalized spacial score (nSPS) is 15.9. The highest BCUT2D eigenvalue weighted by Gasteiger charge is 2.32. The lowest BCUT2D eigenvalue weighted by Gasteiger charge is -2.35. The van der Waals surface area contributed by atoms with Crippen molar-refractivity contribution in [2.75, 3.05) is 5.73 Å². The molecule has 0 spiro atoms. The Kier molecular flexibility index (Phi) is 6.29. The van der Waals surface area contributed by atoms with Gasteiger partial charge in [0.25, 0.3) is 0 Å². The quantitative estimate of drug-likeness (QED) is 0.1000. The number of anilines is 1. The van der Waals surface area contributed by atoms with E-state index in [1.54, 1.807) is 12.1 Å². The van der Waals surface area contributed by atoms with Gasteiger partial charge in [-0.05, 0) is 55.3 Å². The smallest absolute Gasteiger partial charge is 0.150 e. The third kappa shape index (κ3) is 4.34. The van der Waals surface area contributed by atoms with E-state index >= 15 is 0 Å². The average molecular weight is 528 g/mol. The summed E-state index contributed by atoms with van der Waals surface area (Å²) in [4.78, 5) is 10.0. The van der Waals surface area contributed by atoms with Crippen molar-refractivity contribution in [3.05, 3.63) is 173 Å². The molecule has 0 heterocycles. The molecule has 196 valence electrons. The summed E-state index contributed by atoms with van der Waals surface area (Å²) in [6.07, 6.45) is 5.55. The second-order valence-corrected chi connectivity index (χ2v) is 10.6. The summed E-state index contributed by atoms with van der Waals surface area (Å²) in [6, 6.07) is 45.9. The number of aldehydes is 1. The van der Waals surface area contributed by atoms with Gasteiger partial charge in [0.2, 0.25) is 0 Å². The monoisotopic (exact) mass is 527 g/mol. The standard InChI is InChI=1S/C16H11N.C16H12.C7H6O/c17-14-9-7-12-5-4-10-2-1-3-11-6-8-13(14)16(12)15(10)11;1-2-6-12-11(5-1)15-9-10-16(12)14-8-4-3-7-13(14)15;8-6-7-4-2-1-3-5-7/h1-9H,17H2;1-10,15-16H;1-6H. The maximum atomic E-state index is 10.0. The van der Waals surface area contributed by atoms with E-state index in [1.807, 2.05) is 24.3 Å². The maximum Gasteiger partial charge on any atom is 0.150 e. The van der Waals surface area contributed by atoms with Crippen LogP contribution in [-0.2, 0) is 0 Å². The molecule has 2 heteroatoms. The van der Waals surface area contributed by atoms with E-state index < -0.39 is 0 Å². The lowest BCUT2D eigenvalue weighted by atomic mass is 9.68. The topological polar surface area (TPSA) is 43.1 Å². The molecule has 0 fully saturated rings. The highest BCUT2D eigenvalue weighted by Crippen LogP contribution is 2.48. The van der Waals surface area contributed by atoms with Crippen molar-refractivity contribution in [2.24, 2.45) is 0 Å². The lowest BCUT2D eigenvalue weighted by molar-refractivity contribution is 0.112. The summed E-state index contributed by atoms with van der Waals surface area (Å²) >= 11 is 0. The number of nitrogen functional groups attached to an aromatic ring is 1. The first kappa shape index (κ1) is 24.8. The van der Waals surface area contributed by atoms with Crippen molar-refractivity contribution in [1.29, 1.82) is 0 Å². The second kappa shape index (κ2) is 10.4. The molecule has 7 aromatic carbocycles. The van der Waals surface area contributed by atoms with Crippen LogP contribution in [0.25, 0.3) is 32.3 Å². The molecule has 0 aromatic heterocycles. The zero-order valence-corrected chi connectivity index (χ0v) is 22.6.